The molecule has 1 aliphatic rings. The van der Waals surface area contributed by atoms with Crippen LogP contribution in [-0.4, -0.2) is 0 Å². The Morgan fingerprint density at radius 2 is 2.36 bits per heavy atom. The summed E-state index contributed by atoms with van der Waals surface area (Å²) in [6.45, 7) is 0. The summed E-state index contributed by atoms with van der Waals surface area (Å²) in [6.07, 6.45) is 0. The van der Waals surface area contributed by atoms with Crippen molar-refractivity contribution in [1.29, 1.82) is 0 Å². The number of hydrogen-bond donors (Lipinski definition) is 0. The molecule has 0 saturated carbocycles. The van der Waals surface area contributed by atoms with Gasteiger partial charge in [-0.15, -0.1) is 0 Å². The Balaban J connectivity index is 2.29. The second kappa shape index (κ2) is 3.34. The molecule has 0 unspecified atom stereocenters. The molecule has 0 aliphatic carbocycles. The molecule has 54 valence electrons. The molecule has 0 amide bonds. The fourth-order valence-corrected chi connectivity index (χ4v) is 2.23. The van der Waals surface area contributed by atoms with Gasteiger partial charge in [-0.25, -0.2) is 0 Å². The summed E-state index contributed by atoms with van der Waals surface area (Å²) in [5, 5.41) is 2.04. The maximum Gasteiger partial charge on any atom is 0.0408 e. The lowest BCUT2D eigenvalue weighted by Crippen LogP contribution is -1.76. The highest BCUT2D eigenvalue weighted by molar-refractivity contribution is 8.22. The summed E-state index contributed by atoms with van der Waals surface area (Å²) in [5.41, 5.74) is 1.13. The van der Waals surface area contributed by atoms with Crippen LogP contribution < -0.4 is 4.13 Å². The van der Waals surface area contributed by atoms with Gasteiger partial charge in [-0.2, -0.15) is 0 Å². The molecule has 3 heteroatoms. The topological polar surface area (TPSA) is 14.1 Å². The predicted octanol–water partition coefficient (Wildman–Crippen LogP) is 2.70. The molecule has 0 bridgehead atoms. The van der Waals surface area contributed by atoms with Crippen molar-refractivity contribution in [2.45, 2.75) is 0 Å². The van der Waals surface area contributed by atoms with E-state index in [1.807, 2.05) is 29.7 Å². The standard InChI is InChI=1S/C8H5NS2/c1-2-4-7(5-3-1)8-6-10-9-11-8/h1-4,6H. The Hall–Kier alpha value is -0.380. The number of rotatable bonds is 1. The van der Waals surface area contributed by atoms with Crippen LogP contribution in [0.25, 0.3) is 4.91 Å². The minimum absolute atomic E-state index is 1.13. The van der Waals surface area contributed by atoms with Gasteiger partial charge in [0.05, 0.1) is 0 Å². The summed E-state index contributed by atoms with van der Waals surface area (Å²) in [4.78, 5) is 1.19. The second-order valence-electron chi connectivity index (χ2n) is 2.03. The van der Waals surface area contributed by atoms with Crippen molar-refractivity contribution in [1.82, 2.24) is 4.13 Å². The van der Waals surface area contributed by atoms with Gasteiger partial charge < -0.3 is 0 Å². The third-order valence-electron chi connectivity index (χ3n) is 1.31. The third kappa shape index (κ3) is 1.61. The molecule has 1 heterocycles. The average Bonchev–Trinajstić information content (AvgIpc) is 2.58. The van der Waals surface area contributed by atoms with E-state index in [0.29, 0.717) is 0 Å². The number of benzene rings is 1. The van der Waals surface area contributed by atoms with Crippen molar-refractivity contribution >= 4 is 28.8 Å². The minimum Gasteiger partial charge on any atom is -0.0973 e. The molecule has 0 aromatic heterocycles. The van der Waals surface area contributed by atoms with Crippen LogP contribution in [0.4, 0.5) is 0 Å². The average molecular weight is 179 g/mol. The highest BCUT2D eigenvalue weighted by Gasteiger charge is 2.08. The van der Waals surface area contributed by atoms with Gasteiger partial charge in [0, 0.05) is 10.3 Å². The lowest BCUT2D eigenvalue weighted by Gasteiger charge is -1.95. The van der Waals surface area contributed by atoms with Crippen LogP contribution in [0.2, 0.25) is 0 Å². The number of nitrogens with zero attached hydrogens (tertiary/aromatic N) is 1. The first-order chi connectivity index (χ1) is 5.47. The Morgan fingerprint density at radius 3 is 3.00 bits per heavy atom. The fourth-order valence-electron chi connectivity index (χ4n) is 0.812. The monoisotopic (exact) mass is 179 g/mol. The van der Waals surface area contributed by atoms with E-state index in [1.165, 1.54) is 28.8 Å². The molecule has 1 aromatic carbocycles. The summed E-state index contributed by atoms with van der Waals surface area (Å²) in [7, 11) is 0. The SMILES string of the molecule is [c]1ccccc1C1=CS[N]S1. The molecule has 0 fully saturated rings. The summed E-state index contributed by atoms with van der Waals surface area (Å²) in [6, 6.07) is 11.1. The van der Waals surface area contributed by atoms with E-state index in [1.54, 1.807) is 0 Å². The van der Waals surface area contributed by atoms with E-state index >= 15 is 0 Å². The van der Waals surface area contributed by atoms with Crippen molar-refractivity contribution in [3.63, 3.8) is 0 Å². The molecule has 0 atom stereocenters. The van der Waals surface area contributed by atoms with Gasteiger partial charge in [-0.3, -0.25) is 0 Å². The van der Waals surface area contributed by atoms with E-state index in [-0.39, 0.29) is 0 Å². The van der Waals surface area contributed by atoms with Gasteiger partial charge in [-0.1, -0.05) is 28.4 Å². The second-order valence-corrected chi connectivity index (χ2v) is 3.69. The minimum atomic E-state index is 1.13. The molecule has 0 saturated heterocycles. The largest absolute Gasteiger partial charge is 0.0973 e. The van der Waals surface area contributed by atoms with E-state index in [9.17, 15) is 0 Å². The van der Waals surface area contributed by atoms with Crippen molar-refractivity contribution in [2.75, 3.05) is 0 Å². The van der Waals surface area contributed by atoms with Crippen LogP contribution in [0.5, 0.6) is 0 Å². The van der Waals surface area contributed by atoms with Crippen LogP contribution in [0.3, 0.4) is 0 Å². The van der Waals surface area contributed by atoms with Gasteiger partial charge in [0.25, 0.3) is 0 Å². The fraction of sp³-hybridized carbons (Fsp3) is 0. The Labute approximate surface area is 74.5 Å². The third-order valence-corrected chi connectivity index (χ3v) is 2.98. The summed E-state index contributed by atoms with van der Waals surface area (Å²) < 4.78 is 4.06. The van der Waals surface area contributed by atoms with Gasteiger partial charge in [0.1, 0.15) is 0 Å². The van der Waals surface area contributed by atoms with Crippen molar-refractivity contribution in [2.24, 2.45) is 0 Å². The van der Waals surface area contributed by atoms with Crippen LogP contribution in [0.15, 0.2) is 29.7 Å². The predicted molar refractivity (Wildman–Crippen MR) is 50.6 cm³/mol. The van der Waals surface area contributed by atoms with Gasteiger partial charge in [0.2, 0.25) is 0 Å². The van der Waals surface area contributed by atoms with Gasteiger partial charge in [-0.05, 0) is 35.5 Å². The smallest absolute Gasteiger partial charge is 0.0408 e. The molecule has 2 radical (unpaired) electrons. The first-order valence-corrected chi connectivity index (χ1v) is 4.78. The lowest BCUT2D eigenvalue weighted by molar-refractivity contribution is 1.64. The van der Waals surface area contributed by atoms with E-state index in [4.69, 9.17) is 0 Å². The molecular weight excluding hydrogens is 174 g/mol. The van der Waals surface area contributed by atoms with Crippen LogP contribution in [-0.2, 0) is 0 Å². The quantitative estimate of drug-likeness (QED) is 0.615. The Bertz CT molecular complexity index is 269. The van der Waals surface area contributed by atoms with Crippen LogP contribution >= 0.6 is 23.9 Å². The normalized spacial score (nSPS) is 16.5. The molecular formula is C8H5NS2. The first-order valence-electron chi connectivity index (χ1n) is 3.17. The molecule has 2 rings (SSSR count). The van der Waals surface area contributed by atoms with Gasteiger partial charge in [0.15, 0.2) is 0 Å². The van der Waals surface area contributed by atoms with Crippen molar-refractivity contribution < 1.29 is 0 Å². The van der Waals surface area contributed by atoms with E-state index in [2.05, 4.69) is 10.2 Å². The molecule has 0 N–H and O–H groups in total. The van der Waals surface area contributed by atoms with Crippen LogP contribution in [0, 0.1) is 6.07 Å². The molecule has 1 nitrogen and oxygen atoms in total. The first kappa shape index (κ1) is 7.28. The number of hydrogen-bond acceptors (Lipinski definition) is 2. The van der Waals surface area contributed by atoms with E-state index in [0.717, 1.165) is 5.56 Å². The van der Waals surface area contributed by atoms with Crippen LogP contribution in [0.1, 0.15) is 5.56 Å². The molecule has 1 aromatic rings. The van der Waals surface area contributed by atoms with Gasteiger partial charge >= 0.3 is 0 Å². The zero-order valence-electron chi connectivity index (χ0n) is 5.65. The maximum atomic E-state index is 4.06. The lowest BCUT2D eigenvalue weighted by atomic mass is 10.2. The maximum absolute atomic E-state index is 4.06. The Morgan fingerprint density at radius 1 is 1.36 bits per heavy atom. The summed E-state index contributed by atoms with van der Waals surface area (Å²) in [5.74, 6) is 0. The summed E-state index contributed by atoms with van der Waals surface area (Å²) >= 11 is 3.00. The van der Waals surface area contributed by atoms with Crippen molar-refractivity contribution in [3.8, 4) is 0 Å². The highest BCUT2D eigenvalue weighted by Crippen LogP contribution is 2.35. The molecule has 1 aliphatic heterocycles. The van der Waals surface area contributed by atoms with E-state index < -0.39 is 0 Å². The zero-order chi connectivity index (χ0) is 7.52. The molecule has 0 spiro atoms. The molecule has 11 heavy (non-hydrogen) atoms. The van der Waals surface area contributed by atoms with Crippen molar-refractivity contribution in [3.05, 3.63) is 41.3 Å². The Kier molecular flexibility index (Phi) is 2.21. The zero-order valence-corrected chi connectivity index (χ0v) is 7.28. The highest BCUT2D eigenvalue weighted by atomic mass is 32.2.